The normalized spacial score (nSPS) is 13.1. The van der Waals surface area contributed by atoms with Crippen molar-refractivity contribution in [3.63, 3.8) is 0 Å². The highest BCUT2D eigenvalue weighted by Crippen LogP contribution is 2.12. The van der Waals surface area contributed by atoms with E-state index in [0.717, 1.165) is 6.08 Å². The maximum absolute atomic E-state index is 14.1. The number of esters is 1. The van der Waals surface area contributed by atoms with Gasteiger partial charge in [-0.25, -0.2) is 9.18 Å². The fourth-order valence-electron chi connectivity index (χ4n) is 2.52. The van der Waals surface area contributed by atoms with Crippen LogP contribution < -0.4 is 10.6 Å². The molecule has 3 N–H and O–H groups in total. The van der Waals surface area contributed by atoms with Gasteiger partial charge >= 0.3 is 5.97 Å². The van der Waals surface area contributed by atoms with Crippen LogP contribution in [0.4, 0.5) is 4.39 Å². The summed E-state index contributed by atoms with van der Waals surface area (Å²) in [6.45, 7) is 2.95. The predicted molar refractivity (Wildman–Crippen MR) is 109 cm³/mol. The van der Waals surface area contributed by atoms with Crippen LogP contribution in [0.3, 0.4) is 0 Å². The van der Waals surface area contributed by atoms with Gasteiger partial charge in [-0.05, 0) is 38.1 Å². The zero-order valence-corrected chi connectivity index (χ0v) is 16.6. The lowest BCUT2D eigenvalue weighted by molar-refractivity contribution is -0.150. The van der Waals surface area contributed by atoms with Crippen molar-refractivity contribution in [1.82, 2.24) is 10.6 Å². The van der Waals surface area contributed by atoms with Crippen molar-refractivity contribution in [2.75, 3.05) is 6.61 Å². The summed E-state index contributed by atoms with van der Waals surface area (Å²) in [6.07, 6.45) is -0.108. The highest BCUT2D eigenvalue weighted by atomic mass is 19.1. The SMILES string of the molecule is CCOC(=O)[C@H](NC(=O)/C(=C/c1ccccc1F)NC(=O)c1ccccc1)[C@@H](C)O. The molecule has 0 radical (unpaired) electrons. The van der Waals surface area contributed by atoms with Gasteiger partial charge in [0, 0.05) is 11.1 Å². The second kappa shape index (κ2) is 10.9. The second-order valence-electron chi connectivity index (χ2n) is 6.34. The Kier molecular flexibility index (Phi) is 8.25. The molecular formula is C22H23FN2O5. The smallest absolute Gasteiger partial charge is 0.331 e. The van der Waals surface area contributed by atoms with Gasteiger partial charge in [0.1, 0.15) is 11.5 Å². The lowest BCUT2D eigenvalue weighted by atomic mass is 10.1. The van der Waals surface area contributed by atoms with Crippen molar-refractivity contribution in [2.24, 2.45) is 0 Å². The molecule has 0 spiro atoms. The molecule has 0 heterocycles. The summed E-state index contributed by atoms with van der Waals surface area (Å²) in [7, 11) is 0. The highest BCUT2D eigenvalue weighted by molar-refractivity contribution is 6.06. The van der Waals surface area contributed by atoms with Crippen molar-refractivity contribution in [2.45, 2.75) is 26.0 Å². The maximum atomic E-state index is 14.1. The molecule has 2 aromatic carbocycles. The van der Waals surface area contributed by atoms with Crippen molar-refractivity contribution < 1.29 is 28.6 Å². The van der Waals surface area contributed by atoms with E-state index in [4.69, 9.17) is 4.74 Å². The number of carbonyl (C=O) groups is 3. The lowest BCUT2D eigenvalue weighted by Gasteiger charge is -2.20. The number of benzene rings is 2. The van der Waals surface area contributed by atoms with Crippen molar-refractivity contribution in [3.05, 3.63) is 77.2 Å². The van der Waals surface area contributed by atoms with Gasteiger partial charge in [0.15, 0.2) is 6.04 Å². The summed E-state index contributed by atoms with van der Waals surface area (Å²) >= 11 is 0. The summed E-state index contributed by atoms with van der Waals surface area (Å²) in [6, 6.07) is 12.4. The minimum atomic E-state index is -1.37. The van der Waals surface area contributed by atoms with Crippen molar-refractivity contribution >= 4 is 23.9 Å². The van der Waals surface area contributed by atoms with Gasteiger partial charge in [0.05, 0.1) is 12.7 Å². The quantitative estimate of drug-likeness (QED) is 0.453. The third-order valence-corrected chi connectivity index (χ3v) is 4.04. The Labute approximate surface area is 173 Å². The first kappa shape index (κ1) is 22.8. The molecule has 158 valence electrons. The number of hydrogen-bond acceptors (Lipinski definition) is 5. The number of ether oxygens (including phenoxy) is 1. The number of halogens is 1. The van der Waals surface area contributed by atoms with Crippen LogP contribution in [0.15, 0.2) is 60.3 Å². The third kappa shape index (κ3) is 6.25. The molecular weight excluding hydrogens is 391 g/mol. The zero-order chi connectivity index (χ0) is 22.1. The molecule has 2 atom stereocenters. The number of aliphatic hydroxyl groups excluding tert-OH is 1. The van der Waals surface area contributed by atoms with E-state index in [9.17, 15) is 23.9 Å². The number of nitrogens with one attached hydrogen (secondary N) is 2. The number of carbonyl (C=O) groups excluding carboxylic acids is 3. The van der Waals surface area contributed by atoms with Gasteiger partial charge in [-0.15, -0.1) is 0 Å². The Morgan fingerprint density at radius 1 is 1.10 bits per heavy atom. The van der Waals surface area contributed by atoms with E-state index in [2.05, 4.69) is 10.6 Å². The second-order valence-corrected chi connectivity index (χ2v) is 6.34. The van der Waals surface area contributed by atoms with E-state index in [0.29, 0.717) is 0 Å². The average Bonchev–Trinajstić information content (AvgIpc) is 2.73. The summed E-state index contributed by atoms with van der Waals surface area (Å²) < 4.78 is 18.9. The van der Waals surface area contributed by atoms with E-state index < -0.39 is 35.7 Å². The van der Waals surface area contributed by atoms with Gasteiger partial charge < -0.3 is 20.5 Å². The van der Waals surface area contributed by atoms with Crippen LogP contribution in [0.25, 0.3) is 6.08 Å². The predicted octanol–water partition coefficient (Wildman–Crippen LogP) is 2.03. The molecule has 30 heavy (non-hydrogen) atoms. The van der Waals surface area contributed by atoms with E-state index in [1.54, 1.807) is 43.3 Å². The van der Waals surface area contributed by atoms with Crippen LogP contribution in [0.2, 0.25) is 0 Å². The molecule has 0 unspecified atom stereocenters. The minimum Gasteiger partial charge on any atom is -0.464 e. The van der Waals surface area contributed by atoms with Gasteiger partial charge in [0.25, 0.3) is 11.8 Å². The van der Waals surface area contributed by atoms with Crippen LogP contribution >= 0.6 is 0 Å². The fraction of sp³-hybridized carbons (Fsp3) is 0.227. The Morgan fingerprint density at radius 2 is 1.73 bits per heavy atom. The van der Waals surface area contributed by atoms with Crippen LogP contribution in [-0.2, 0) is 14.3 Å². The monoisotopic (exact) mass is 414 g/mol. The van der Waals surface area contributed by atoms with Crippen LogP contribution in [0.5, 0.6) is 0 Å². The Bertz CT molecular complexity index is 928. The molecule has 0 fully saturated rings. The molecule has 2 aromatic rings. The number of rotatable bonds is 8. The molecule has 2 amide bonds. The molecule has 0 saturated carbocycles. The molecule has 0 aliphatic carbocycles. The first-order valence-electron chi connectivity index (χ1n) is 9.31. The Balaban J connectivity index is 2.34. The first-order valence-corrected chi connectivity index (χ1v) is 9.31. The van der Waals surface area contributed by atoms with Crippen LogP contribution in [0.1, 0.15) is 29.8 Å². The first-order chi connectivity index (χ1) is 14.3. The Hall–Kier alpha value is -3.52. The topological polar surface area (TPSA) is 105 Å². The van der Waals surface area contributed by atoms with E-state index in [1.165, 1.54) is 25.1 Å². The van der Waals surface area contributed by atoms with Crippen LogP contribution in [0, 0.1) is 5.82 Å². The molecule has 2 rings (SSSR count). The van der Waals surface area contributed by atoms with Crippen molar-refractivity contribution in [1.29, 1.82) is 0 Å². The number of aliphatic hydroxyl groups is 1. The van der Waals surface area contributed by atoms with Crippen LogP contribution in [-0.4, -0.2) is 41.6 Å². The molecule has 0 aliphatic rings. The van der Waals surface area contributed by atoms with Gasteiger partial charge in [-0.3, -0.25) is 9.59 Å². The molecule has 0 saturated heterocycles. The number of amides is 2. The summed E-state index contributed by atoms with van der Waals surface area (Å²) in [5.74, 6) is -2.92. The largest absolute Gasteiger partial charge is 0.464 e. The minimum absolute atomic E-state index is 0.0561. The van der Waals surface area contributed by atoms with E-state index in [-0.39, 0.29) is 23.4 Å². The number of hydrogen-bond donors (Lipinski definition) is 3. The lowest BCUT2D eigenvalue weighted by Crippen LogP contribution is -2.50. The maximum Gasteiger partial charge on any atom is 0.331 e. The van der Waals surface area contributed by atoms with Gasteiger partial charge in [-0.1, -0.05) is 36.4 Å². The molecule has 0 bridgehead atoms. The Morgan fingerprint density at radius 3 is 2.33 bits per heavy atom. The van der Waals surface area contributed by atoms with Gasteiger partial charge in [-0.2, -0.15) is 0 Å². The summed E-state index contributed by atoms with van der Waals surface area (Å²) in [5, 5.41) is 14.6. The molecule has 7 nitrogen and oxygen atoms in total. The third-order valence-electron chi connectivity index (χ3n) is 4.04. The average molecular weight is 414 g/mol. The van der Waals surface area contributed by atoms with E-state index in [1.807, 2.05) is 0 Å². The fourth-order valence-corrected chi connectivity index (χ4v) is 2.52. The van der Waals surface area contributed by atoms with Gasteiger partial charge in [0.2, 0.25) is 0 Å². The molecule has 0 aromatic heterocycles. The van der Waals surface area contributed by atoms with E-state index >= 15 is 0 Å². The zero-order valence-electron chi connectivity index (χ0n) is 16.6. The summed E-state index contributed by atoms with van der Waals surface area (Å²) in [5.41, 5.74) is 0.0341. The standard InChI is InChI=1S/C22H23FN2O5/c1-3-30-22(29)19(14(2)26)25-21(28)18(13-16-11-7-8-12-17(16)23)24-20(27)15-9-5-4-6-10-15/h4-14,19,26H,3H2,1-2H3,(H,24,27)(H,25,28)/b18-13-/t14-,19-/m1/s1. The molecule has 8 heteroatoms. The summed E-state index contributed by atoms with van der Waals surface area (Å²) in [4.78, 5) is 37.4. The molecule has 0 aliphatic heterocycles. The highest BCUT2D eigenvalue weighted by Gasteiger charge is 2.28. The van der Waals surface area contributed by atoms with Crippen molar-refractivity contribution in [3.8, 4) is 0 Å².